The van der Waals surface area contributed by atoms with Gasteiger partial charge in [-0.25, -0.2) is 0 Å². The van der Waals surface area contributed by atoms with Gasteiger partial charge in [-0.05, 0) is 13.8 Å². The second kappa shape index (κ2) is 9.27. The largest absolute Gasteiger partial charge is 0.379 e. The molecule has 1 heterocycles. The van der Waals surface area contributed by atoms with Gasteiger partial charge in [0.25, 0.3) is 0 Å². The lowest BCUT2D eigenvalue weighted by Crippen LogP contribution is -2.49. The number of carbonyl (C=O) groups is 1. The van der Waals surface area contributed by atoms with E-state index in [1.807, 2.05) is 23.8 Å². The molecule has 1 saturated heterocycles. The normalized spacial score (nSPS) is 17.1. The molecule has 1 aliphatic heterocycles. The van der Waals surface area contributed by atoms with Crippen LogP contribution in [-0.2, 0) is 19.1 Å². The summed E-state index contributed by atoms with van der Waals surface area (Å²) in [5, 5.41) is 1.89. The number of hydrogen-bond donors (Lipinski definition) is 0. The van der Waals surface area contributed by atoms with Crippen molar-refractivity contribution in [2.24, 2.45) is 0 Å². The Hall–Kier alpha value is -0.690. The van der Waals surface area contributed by atoms with Crippen LogP contribution in [0.1, 0.15) is 13.8 Å². The average molecular weight is 260 g/mol. The molecule has 18 heavy (non-hydrogen) atoms. The first-order valence-electron chi connectivity index (χ1n) is 6.59. The predicted molar refractivity (Wildman–Crippen MR) is 67.1 cm³/mol. The Morgan fingerprint density at radius 2 is 1.67 bits per heavy atom. The fraction of sp³-hybridized carbons (Fsp3) is 0.917. The summed E-state index contributed by atoms with van der Waals surface area (Å²) in [6.07, 6.45) is 0. The van der Waals surface area contributed by atoms with Gasteiger partial charge in [-0.2, -0.15) is 5.06 Å². The van der Waals surface area contributed by atoms with Gasteiger partial charge < -0.3 is 14.4 Å². The lowest BCUT2D eigenvalue weighted by molar-refractivity contribution is -0.188. The topological polar surface area (TPSA) is 51.2 Å². The summed E-state index contributed by atoms with van der Waals surface area (Å²) in [7, 11) is 0. The minimum absolute atomic E-state index is 0.0609. The highest BCUT2D eigenvalue weighted by atomic mass is 16.7. The van der Waals surface area contributed by atoms with Crippen LogP contribution in [-0.4, -0.2) is 75.1 Å². The van der Waals surface area contributed by atoms with Gasteiger partial charge >= 0.3 is 0 Å². The Balaban J connectivity index is 2.10. The van der Waals surface area contributed by atoms with Gasteiger partial charge in [-0.15, -0.1) is 0 Å². The van der Waals surface area contributed by atoms with E-state index in [1.54, 1.807) is 0 Å². The van der Waals surface area contributed by atoms with Crippen molar-refractivity contribution in [2.75, 3.05) is 59.2 Å². The Labute approximate surface area is 109 Å². The number of hydrogen-bond acceptors (Lipinski definition) is 5. The van der Waals surface area contributed by atoms with Crippen LogP contribution in [0.3, 0.4) is 0 Å². The number of amides is 1. The maximum Gasteiger partial charge on any atom is 0.248 e. The van der Waals surface area contributed by atoms with Crippen molar-refractivity contribution in [1.29, 1.82) is 0 Å². The molecular weight excluding hydrogens is 236 g/mol. The van der Waals surface area contributed by atoms with Crippen molar-refractivity contribution in [2.45, 2.75) is 13.8 Å². The van der Waals surface area contributed by atoms with Crippen LogP contribution < -0.4 is 0 Å². The molecule has 0 spiro atoms. The molecule has 1 amide bonds. The number of piperazine rings is 1. The second-order valence-corrected chi connectivity index (χ2v) is 3.98. The third-order valence-corrected chi connectivity index (χ3v) is 2.73. The zero-order chi connectivity index (χ0) is 13.2. The summed E-state index contributed by atoms with van der Waals surface area (Å²) in [5.41, 5.74) is 0. The first-order valence-corrected chi connectivity index (χ1v) is 6.59. The van der Waals surface area contributed by atoms with E-state index in [0.29, 0.717) is 39.5 Å². The molecule has 6 nitrogen and oxygen atoms in total. The first kappa shape index (κ1) is 15.4. The summed E-state index contributed by atoms with van der Waals surface area (Å²) < 4.78 is 10.3. The Bertz CT molecular complexity index is 230. The van der Waals surface area contributed by atoms with E-state index >= 15 is 0 Å². The van der Waals surface area contributed by atoms with Crippen LogP contribution >= 0.6 is 0 Å². The minimum atomic E-state index is 0.0609. The minimum Gasteiger partial charge on any atom is -0.379 e. The van der Waals surface area contributed by atoms with Gasteiger partial charge in [0.1, 0.15) is 6.61 Å². The highest BCUT2D eigenvalue weighted by Gasteiger charge is 2.21. The zero-order valence-electron chi connectivity index (χ0n) is 11.4. The summed E-state index contributed by atoms with van der Waals surface area (Å²) in [4.78, 5) is 19.0. The molecule has 0 aromatic heterocycles. The van der Waals surface area contributed by atoms with Crippen LogP contribution in [0.2, 0.25) is 0 Å². The summed E-state index contributed by atoms with van der Waals surface area (Å²) in [6, 6.07) is 0. The maximum absolute atomic E-state index is 11.7. The summed E-state index contributed by atoms with van der Waals surface area (Å²) >= 11 is 0. The van der Waals surface area contributed by atoms with E-state index in [-0.39, 0.29) is 12.5 Å². The fourth-order valence-electron chi connectivity index (χ4n) is 1.72. The highest BCUT2D eigenvalue weighted by molar-refractivity contribution is 5.77. The van der Waals surface area contributed by atoms with E-state index in [9.17, 15) is 4.79 Å². The van der Waals surface area contributed by atoms with Crippen LogP contribution in [0.25, 0.3) is 0 Å². The second-order valence-electron chi connectivity index (χ2n) is 3.98. The number of hydroxylamine groups is 2. The van der Waals surface area contributed by atoms with Crippen molar-refractivity contribution in [3.8, 4) is 0 Å². The predicted octanol–water partition coefficient (Wildman–Crippen LogP) is 0.135. The number of carbonyl (C=O) groups excluding carboxylic acids is 1. The number of nitrogens with zero attached hydrogens (tertiary/aromatic N) is 2. The molecule has 0 aliphatic carbocycles. The Kier molecular flexibility index (Phi) is 7.91. The average Bonchev–Trinajstić information content (AvgIpc) is 2.41. The SMILES string of the molecule is CCOCCON1CCN(C(=O)COCC)CC1. The molecule has 1 fully saturated rings. The van der Waals surface area contributed by atoms with Gasteiger partial charge in [0.15, 0.2) is 0 Å². The molecule has 0 atom stereocenters. The van der Waals surface area contributed by atoms with Crippen LogP contribution in [0.5, 0.6) is 0 Å². The van der Waals surface area contributed by atoms with Gasteiger partial charge in [-0.3, -0.25) is 9.63 Å². The van der Waals surface area contributed by atoms with Crippen LogP contribution in [0, 0.1) is 0 Å². The molecule has 0 N–H and O–H groups in total. The molecule has 0 bridgehead atoms. The molecule has 0 radical (unpaired) electrons. The van der Waals surface area contributed by atoms with Crippen molar-refractivity contribution < 1.29 is 19.1 Å². The molecule has 0 saturated carbocycles. The summed E-state index contributed by atoms with van der Waals surface area (Å²) in [5.74, 6) is 0.0609. The van der Waals surface area contributed by atoms with Gasteiger partial charge in [-0.1, -0.05) is 0 Å². The van der Waals surface area contributed by atoms with Crippen molar-refractivity contribution >= 4 is 5.91 Å². The maximum atomic E-state index is 11.7. The van der Waals surface area contributed by atoms with E-state index in [4.69, 9.17) is 14.3 Å². The smallest absolute Gasteiger partial charge is 0.248 e. The third kappa shape index (κ3) is 5.77. The lowest BCUT2D eigenvalue weighted by atomic mass is 10.3. The summed E-state index contributed by atoms with van der Waals surface area (Å²) in [6.45, 7) is 9.37. The third-order valence-electron chi connectivity index (χ3n) is 2.73. The van der Waals surface area contributed by atoms with Crippen molar-refractivity contribution in [3.05, 3.63) is 0 Å². The van der Waals surface area contributed by atoms with Crippen molar-refractivity contribution in [3.63, 3.8) is 0 Å². The molecule has 0 aromatic carbocycles. The quantitative estimate of drug-likeness (QED) is 0.581. The highest BCUT2D eigenvalue weighted by Crippen LogP contribution is 2.03. The van der Waals surface area contributed by atoms with Crippen LogP contribution in [0.15, 0.2) is 0 Å². The van der Waals surface area contributed by atoms with Crippen molar-refractivity contribution in [1.82, 2.24) is 9.96 Å². The monoisotopic (exact) mass is 260 g/mol. The van der Waals surface area contributed by atoms with Gasteiger partial charge in [0.2, 0.25) is 5.91 Å². The number of ether oxygens (including phenoxy) is 2. The van der Waals surface area contributed by atoms with E-state index in [1.165, 1.54) is 0 Å². The zero-order valence-corrected chi connectivity index (χ0v) is 11.4. The number of rotatable bonds is 8. The molecule has 0 aromatic rings. The molecule has 0 unspecified atom stereocenters. The van der Waals surface area contributed by atoms with Crippen LogP contribution in [0.4, 0.5) is 0 Å². The molecular formula is C12H24N2O4. The Morgan fingerprint density at radius 3 is 2.28 bits per heavy atom. The van der Waals surface area contributed by atoms with E-state index in [2.05, 4.69) is 0 Å². The van der Waals surface area contributed by atoms with E-state index in [0.717, 1.165) is 13.1 Å². The first-order chi connectivity index (χ1) is 8.77. The molecule has 6 heteroatoms. The van der Waals surface area contributed by atoms with E-state index < -0.39 is 0 Å². The standard InChI is InChI=1S/C12H24N2O4/c1-3-16-9-10-18-14-7-5-13(6-8-14)12(15)11-17-4-2/h3-11H2,1-2H3. The molecule has 1 rings (SSSR count). The van der Waals surface area contributed by atoms with Gasteiger partial charge in [0.05, 0.1) is 13.2 Å². The lowest BCUT2D eigenvalue weighted by Gasteiger charge is -2.33. The Morgan fingerprint density at radius 1 is 1.00 bits per heavy atom. The molecule has 1 aliphatic rings. The van der Waals surface area contributed by atoms with Gasteiger partial charge in [0, 0.05) is 39.4 Å². The fourth-order valence-corrected chi connectivity index (χ4v) is 1.72. The molecule has 106 valence electrons.